The first-order valence-electron chi connectivity index (χ1n) is 7.16. The third kappa shape index (κ3) is 4.96. The van der Waals surface area contributed by atoms with Gasteiger partial charge in [-0.1, -0.05) is 17.7 Å². The number of thiophene rings is 1. The normalized spacial score (nSPS) is 11.2. The number of rotatable bonds is 5. The van der Waals surface area contributed by atoms with Gasteiger partial charge in [-0.3, -0.25) is 9.59 Å². The zero-order chi connectivity index (χ0) is 18.6. The molecule has 2 aromatic rings. The second-order valence-electron chi connectivity index (χ2n) is 5.07. The average molecular weight is 391 g/mol. The Morgan fingerprint density at radius 1 is 1.28 bits per heavy atom. The van der Waals surface area contributed by atoms with Gasteiger partial charge in [0.1, 0.15) is 0 Å². The number of hydrogen-bond acceptors (Lipinski definition) is 3. The summed E-state index contributed by atoms with van der Waals surface area (Å²) in [5.74, 6) is -0.791. The highest BCUT2D eigenvalue weighted by atomic mass is 35.5. The van der Waals surface area contributed by atoms with E-state index in [4.69, 9.17) is 11.6 Å². The van der Waals surface area contributed by atoms with Gasteiger partial charge in [-0.15, -0.1) is 11.3 Å². The number of nitrogens with one attached hydrogen (secondary N) is 1. The van der Waals surface area contributed by atoms with Gasteiger partial charge in [-0.25, -0.2) is 0 Å². The van der Waals surface area contributed by atoms with Crippen LogP contribution in [0.3, 0.4) is 0 Å². The predicted molar refractivity (Wildman–Crippen MR) is 91.1 cm³/mol. The number of halogens is 4. The summed E-state index contributed by atoms with van der Waals surface area (Å²) in [7, 11) is 0. The van der Waals surface area contributed by atoms with E-state index >= 15 is 0 Å². The highest BCUT2D eigenvalue weighted by Gasteiger charge is 2.32. The lowest BCUT2D eigenvalue weighted by molar-refractivity contribution is -0.137. The number of hydrogen-bond donors (Lipinski definition) is 1. The Bertz CT molecular complexity index is 763. The van der Waals surface area contributed by atoms with Crippen molar-refractivity contribution in [1.82, 2.24) is 5.32 Å². The number of alkyl halides is 3. The summed E-state index contributed by atoms with van der Waals surface area (Å²) in [6.45, 7) is 1.29. The summed E-state index contributed by atoms with van der Waals surface area (Å²) >= 11 is 7.22. The van der Waals surface area contributed by atoms with Gasteiger partial charge < -0.3 is 10.2 Å². The van der Waals surface area contributed by atoms with Crippen molar-refractivity contribution in [2.24, 2.45) is 0 Å². The minimum absolute atomic E-state index is 0.00647. The standard InChI is InChI=1S/C16H14ClF3N2O2S/c1-10(23)22(7-6-21-15(24)14-3-2-8-25-14)13-9-11(16(18,19)20)4-5-12(13)17/h2-5,8-9H,6-7H2,1H3,(H,21,24). The summed E-state index contributed by atoms with van der Waals surface area (Å²) < 4.78 is 38.6. The monoisotopic (exact) mass is 390 g/mol. The number of amides is 2. The van der Waals surface area contributed by atoms with Crippen molar-refractivity contribution in [3.63, 3.8) is 0 Å². The maximum atomic E-state index is 12.9. The second kappa shape index (κ2) is 7.88. The Balaban J connectivity index is 2.13. The SMILES string of the molecule is CC(=O)N(CCNC(=O)c1cccs1)c1cc(C(F)(F)F)ccc1Cl. The molecule has 2 amide bonds. The van der Waals surface area contributed by atoms with E-state index in [9.17, 15) is 22.8 Å². The van der Waals surface area contributed by atoms with Crippen molar-refractivity contribution in [3.8, 4) is 0 Å². The van der Waals surface area contributed by atoms with E-state index in [-0.39, 0.29) is 29.7 Å². The molecule has 4 nitrogen and oxygen atoms in total. The van der Waals surface area contributed by atoms with Gasteiger partial charge in [-0.2, -0.15) is 13.2 Å². The molecule has 1 aromatic carbocycles. The fraction of sp³-hybridized carbons (Fsp3) is 0.250. The molecule has 0 unspecified atom stereocenters. The number of carbonyl (C=O) groups is 2. The third-order valence-electron chi connectivity index (χ3n) is 3.31. The Kier molecular flexibility index (Phi) is 6.07. The van der Waals surface area contributed by atoms with Crippen LogP contribution in [0.25, 0.3) is 0 Å². The second-order valence-corrected chi connectivity index (χ2v) is 6.42. The van der Waals surface area contributed by atoms with Gasteiger partial charge in [0.25, 0.3) is 5.91 Å². The molecule has 25 heavy (non-hydrogen) atoms. The van der Waals surface area contributed by atoms with Crippen LogP contribution in [0.5, 0.6) is 0 Å². The molecule has 1 heterocycles. The molecule has 0 aliphatic carbocycles. The van der Waals surface area contributed by atoms with Crippen LogP contribution in [0.15, 0.2) is 35.7 Å². The van der Waals surface area contributed by atoms with Crippen LogP contribution in [0.2, 0.25) is 5.02 Å². The van der Waals surface area contributed by atoms with Crippen LogP contribution in [-0.4, -0.2) is 24.9 Å². The molecule has 1 aromatic heterocycles. The minimum atomic E-state index is -4.55. The van der Waals surface area contributed by atoms with E-state index in [2.05, 4.69) is 5.32 Å². The van der Waals surface area contributed by atoms with Crippen LogP contribution in [0.1, 0.15) is 22.2 Å². The molecule has 9 heteroatoms. The predicted octanol–water partition coefficient (Wildman–Crippen LogP) is 4.20. The smallest absolute Gasteiger partial charge is 0.350 e. The van der Waals surface area contributed by atoms with Crippen LogP contribution >= 0.6 is 22.9 Å². The van der Waals surface area contributed by atoms with E-state index in [0.717, 1.165) is 23.1 Å². The molecule has 2 rings (SSSR count). The minimum Gasteiger partial charge on any atom is -0.350 e. The Morgan fingerprint density at radius 2 is 2.00 bits per heavy atom. The molecular weight excluding hydrogens is 377 g/mol. The zero-order valence-electron chi connectivity index (χ0n) is 13.1. The Hall–Kier alpha value is -2.06. The van der Waals surface area contributed by atoms with Crippen LogP contribution in [-0.2, 0) is 11.0 Å². The first kappa shape index (κ1) is 19.3. The lowest BCUT2D eigenvalue weighted by Crippen LogP contribution is -2.37. The third-order valence-corrected chi connectivity index (χ3v) is 4.50. The van der Waals surface area contributed by atoms with Crippen molar-refractivity contribution in [2.75, 3.05) is 18.0 Å². The maximum absolute atomic E-state index is 12.9. The van der Waals surface area contributed by atoms with Crippen molar-refractivity contribution in [3.05, 3.63) is 51.2 Å². The van der Waals surface area contributed by atoms with Crippen LogP contribution in [0, 0.1) is 0 Å². The lowest BCUT2D eigenvalue weighted by Gasteiger charge is -2.23. The van der Waals surface area contributed by atoms with Crippen molar-refractivity contribution < 1.29 is 22.8 Å². The van der Waals surface area contributed by atoms with Gasteiger partial charge in [0.15, 0.2) is 0 Å². The number of benzene rings is 1. The topological polar surface area (TPSA) is 49.4 Å². The fourth-order valence-corrected chi connectivity index (χ4v) is 2.98. The summed E-state index contributed by atoms with van der Waals surface area (Å²) in [4.78, 5) is 25.3. The van der Waals surface area contributed by atoms with Crippen molar-refractivity contribution in [1.29, 1.82) is 0 Å². The Labute approximate surface area is 151 Å². The van der Waals surface area contributed by atoms with Gasteiger partial charge in [-0.05, 0) is 29.6 Å². The first-order chi connectivity index (χ1) is 11.7. The van der Waals surface area contributed by atoms with Crippen LogP contribution in [0.4, 0.5) is 18.9 Å². The summed E-state index contributed by atoms with van der Waals surface area (Å²) in [6, 6.07) is 6.14. The highest BCUT2D eigenvalue weighted by molar-refractivity contribution is 7.12. The molecule has 0 spiro atoms. The van der Waals surface area contributed by atoms with E-state index in [1.165, 1.54) is 18.3 Å². The number of anilines is 1. The Morgan fingerprint density at radius 3 is 2.56 bits per heavy atom. The molecule has 0 bridgehead atoms. The molecule has 0 aliphatic rings. The maximum Gasteiger partial charge on any atom is 0.416 e. The molecule has 134 valence electrons. The highest BCUT2D eigenvalue weighted by Crippen LogP contribution is 2.35. The van der Waals surface area contributed by atoms with Gasteiger partial charge in [0.05, 0.1) is 21.2 Å². The number of nitrogens with zero attached hydrogens (tertiary/aromatic N) is 1. The van der Waals surface area contributed by atoms with Crippen molar-refractivity contribution in [2.45, 2.75) is 13.1 Å². The van der Waals surface area contributed by atoms with E-state index in [0.29, 0.717) is 4.88 Å². The van der Waals surface area contributed by atoms with Gasteiger partial charge in [0, 0.05) is 20.0 Å². The number of carbonyl (C=O) groups excluding carboxylic acids is 2. The van der Waals surface area contributed by atoms with E-state index in [1.807, 2.05) is 0 Å². The van der Waals surface area contributed by atoms with Gasteiger partial charge >= 0.3 is 6.18 Å². The molecule has 0 aliphatic heterocycles. The summed E-state index contributed by atoms with van der Waals surface area (Å²) in [5, 5.41) is 4.39. The summed E-state index contributed by atoms with van der Waals surface area (Å²) in [5.41, 5.74) is -0.949. The van der Waals surface area contributed by atoms with Gasteiger partial charge in [0.2, 0.25) is 5.91 Å². The zero-order valence-corrected chi connectivity index (χ0v) is 14.6. The molecule has 1 N–H and O–H groups in total. The largest absolute Gasteiger partial charge is 0.416 e. The molecule has 0 atom stereocenters. The molecular formula is C16H14ClF3N2O2S. The van der Waals surface area contributed by atoms with Crippen molar-refractivity contribution >= 4 is 40.4 Å². The average Bonchev–Trinajstić information content (AvgIpc) is 3.05. The molecule has 0 saturated carbocycles. The molecule has 0 saturated heterocycles. The van der Waals surface area contributed by atoms with E-state index < -0.39 is 17.6 Å². The first-order valence-corrected chi connectivity index (χ1v) is 8.42. The molecule has 0 radical (unpaired) electrons. The lowest BCUT2D eigenvalue weighted by atomic mass is 10.1. The quantitative estimate of drug-likeness (QED) is 0.831. The summed E-state index contributed by atoms with van der Waals surface area (Å²) in [6.07, 6.45) is -4.55. The van der Waals surface area contributed by atoms with E-state index in [1.54, 1.807) is 17.5 Å². The van der Waals surface area contributed by atoms with Crippen LogP contribution < -0.4 is 10.2 Å². The molecule has 0 fully saturated rings. The fourth-order valence-electron chi connectivity index (χ4n) is 2.12.